The van der Waals surface area contributed by atoms with Gasteiger partial charge in [-0.1, -0.05) is 43.3 Å². The number of ether oxygens (including phenoxy) is 1. The zero-order valence-corrected chi connectivity index (χ0v) is 14.9. The van der Waals surface area contributed by atoms with Gasteiger partial charge in [0.15, 0.2) is 0 Å². The topological polar surface area (TPSA) is 64.4 Å². The lowest BCUT2D eigenvalue weighted by atomic mass is 9.76. The zero-order valence-electron chi connectivity index (χ0n) is 14.9. The Bertz CT molecular complexity index is 874. The highest BCUT2D eigenvalue weighted by molar-refractivity contribution is 5.73. The van der Waals surface area contributed by atoms with E-state index in [-0.39, 0.29) is 28.5 Å². The first-order chi connectivity index (χ1) is 12.6. The number of anilines is 1. The summed E-state index contributed by atoms with van der Waals surface area (Å²) in [6.07, 6.45) is 6.17. The molecular weight excluding hydrogens is 328 g/mol. The summed E-state index contributed by atoms with van der Waals surface area (Å²) in [5.74, 6) is 0.943. The third-order valence-corrected chi connectivity index (χ3v) is 5.62. The molecule has 0 bridgehead atoms. The van der Waals surface area contributed by atoms with Crippen molar-refractivity contribution in [1.82, 2.24) is 0 Å². The van der Waals surface area contributed by atoms with Crippen LogP contribution in [0.5, 0.6) is 5.75 Å². The number of hydrogen-bond donors (Lipinski definition) is 1. The number of methoxy groups -OCH3 is 1. The fraction of sp³-hybridized carbons (Fsp3) is 0.333. The number of benzene rings is 2. The lowest BCUT2D eigenvalue weighted by Gasteiger charge is -2.37. The highest BCUT2D eigenvalue weighted by atomic mass is 16.6. The SMILES string of the molecule is CCc1ccc(C2Nc3c(OC)ccc([N+](=O)[O-])c3C3C=CCC32)cc1. The van der Waals surface area contributed by atoms with E-state index in [1.54, 1.807) is 19.2 Å². The third kappa shape index (κ3) is 2.55. The van der Waals surface area contributed by atoms with Gasteiger partial charge >= 0.3 is 0 Å². The first kappa shape index (κ1) is 16.6. The van der Waals surface area contributed by atoms with Gasteiger partial charge in [-0.2, -0.15) is 0 Å². The van der Waals surface area contributed by atoms with Gasteiger partial charge < -0.3 is 10.1 Å². The predicted molar refractivity (Wildman–Crippen MR) is 102 cm³/mol. The molecule has 26 heavy (non-hydrogen) atoms. The summed E-state index contributed by atoms with van der Waals surface area (Å²) in [5.41, 5.74) is 4.17. The largest absolute Gasteiger partial charge is 0.495 e. The summed E-state index contributed by atoms with van der Waals surface area (Å²) < 4.78 is 5.51. The molecule has 2 aliphatic rings. The van der Waals surface area contributed by atoms with E-state index in [2.05, 4.69) is 48.7 Å². The number of hydrogen-bond acceptors (Lipinski definition) is 4. The molecule has 0 aromatic heterocycles. The average Bonchev–Trinajstić information content (AvgIpc) is 3.16. The van der Waals surface area contributed by atoms with E-state index in [0.717, 1.165) is 24.1 Å². The Morgan fingerprint density at radius 3 is 2.65 bits per heavy atom. The maximum atomic E-state index is 11.6. The fourth-order valence-electron chi connectivity index (χ4n) is 4.28. The van der Waals surface area contributed by atoms with Gasteiger partial charge in [-0.25, -0.2) is 0 Å². The van der Waals surface area contributed by atoms with Crippen LogP contribution in [0.3, 0.4) is 0 Å². The molecule has 1 aliphatic heterocycles. The summed E-state index contributed by atoms with van der Waals surface area (Å²) >= 11 is 0. The van der Waals surface area contributed by atoms with Gasteiger partial charge in [0, 0.05) is 12.0 Å². The molecule has 1 heterocycles. The Morgan fingerprint density at radius 1 is 1.23 bits per heavy atom. The molecule has 0 radical (unpaired) electrons. The highest BCUT2D eigenvalue weighted by Crippen LogP contribution is 2.54. The molecule has 4 rings (SSSR count). The van der Waals surface area contributed by atoms with Gasteiger partial charge in [0.1, 0.15) is 5.75 Å². The third-order valence-electron chi connectivity index (χ3n) is 5.62. The standard InChI is InChI=1S/C21H22N2O3/c1-3-13-7-9-14(10-8-13)20-16-6-4-5-15(16)19-17(23(24)25)11-12-18(26-2)21(19)22-20/h4-5,7-12,15-16,20,22H,3,6H2,1-2H3. The molecule has 3 atom stereocenters. The Hall–Kier alpha value is -2.82. The Kier molecular flexibility index (Phi) is 4.15. The predicted octanol–water partition coefficient (Wildman–Crippen LogP) is 4.99. The van der Waals surface area contributed by atoms with Crippen molar-refractivity contribution in [3.63, 3.8) is 0 Å². The minimum Gasteiger partial charge on any atom is -0.495 e. The van der Waals surface area contributed by atoms with E-state index in [1.807, 2.05) is 0 Å². The van der Waals surface area contributed by atoms with Crippen molar-refractivity contribution in [2.24, 2.45) is 5.92 Å². The molecule has 1 N–H and O–H groups in total. The minimum atomic E-state index is -0.292. The summed E-state index contributed by atoms with van der Waals surface area (Å²) in [6, 6.07) is 12.0. The van der Waals surface area contributed by atoms with Crippen molar-refractivity contribution in [2.45, 2.75) is 31.7 Å². The molecule has 0 saturated heterocycles. The summed E-state index contributed by atoms with van der Waals surface area (Å²) in [5, 5.41) is 15.2. The monoisotopic (exact) mass is 350 g/mol. The number of allylic oxidation sites excluding steroid dienone is 2. The minimum absolute atomic E-state index is 0.0256. The zero-order chi connectivity index (χ0) is 18.3. The number of nitro benzene ring substituents is 1. The number of fused-ring (bicyclic) bond motifs is 3. The lowest BCUT2D eigenvalue weighted by molar-refractivity contribution is -0.385. The number of aryl methyl sites for hydroxylation is 1. The summed E-state index contributed by atoms with van der Waals surface area (Å²) in [4.78, 5) is 11.3. The fourth-order valence-corrected chi connectivity index (χ4v) is 4.28. The van der Waals surface area contributed by atoms with Crippen molar-refractivity contribution in [3.05, 3.63) is 75.4 Å². The highest BCUT2D eigenvalue weighted by Gasteiger charge is 2.42. The average molecular weight is 350 g/mol. The van der Waals surface area contributed by atoms with Crippen molar-refractivity contribution in [2.75, 3.05) is 12.4 Å². The van der Waals surface area contributed by atoms with E-state index in [4.69, 9.17) is 4.74 Å². The van der Waals surface area contributed by atoms with Crippen molar-refractivity contribution in [1.29, 1.82) is 0 Å². The van der Waals surface area contributed by atoms with Gasteiger partial charge in [0.2, 0.25) is 0 Å². The number of nitro groups is 1. The molecule has 5 nitrogen and oxygen atoms in total. The van der Waals surface area contributed by atoms with E-state index >= 15 is 0 Å². The number of nitrogens with one attached hydrogen (secondary N) is 1. The molecule has 3 unspecified atom stereocenters. The van der Waals surface area contributed by atoms with Crippen LogP contribution in [0.25, 0.3) is 0 Å². The van der Waals surface area contributed by atoms with Crippen LogP contribution in [-0.2, 0) is 6.42 Å². The maximum absolute atomic E-state index is 11.6. The molecule has 134 valence electrons. The molecule has 0 amide bonds. The number of rotatable bonds is 4. The van der Waals surface area contributed by atoms with Crippen molar-refractivity contribution >= 4 is 11.4 Å². The molecule has 5 heteroatoms. The first-order valence-corrected chi connectivity index (χ1v) is 9.01. The lowest BCUT2D eigenvalue weighted by Crippen LogP contribution is -2.30. The molecule has 0 fully saturated rings. The molecular formula is C21H22N2O3. The van der Waals surface area contributed by atoms with Crippen LogP contribution in [0.2, 0.25) is 0 Å². The van der Waals surface area contributed by atoms with Crippen molar-refractivity contribution < 1.29 is 9.66 Å². The van der Waals surface area contributed by atoms with Crippen LogP contribution < -0.4 is 10.1 Å². The summed E-state index contributed by atoms with van der Waals surface area (Å²) in [7, 11) is 1.60. The maximum Gasteiger partial charge on any atom is 0.275 e. The molecule has 2 aromatic rings. The van der Waals surface area contributed by atoms with Gasteiger partial charge in [0.05, 0.1) is 29.3 Å². The van der Waals surface area contributed by atoms with Crippen LogP contribution in [0.1, 0.15) is 42.0 Å². The molecule has 0 spiro atoms. The van der Waals surface area contributed by atoms with Crippen LogP contribution >= 0.6 is 0 Å². The first-order valence-electron chi connectivity index (χ1n) is 9.01. The Morgan fingerprint density at radius 2 is 2.00 bits per heavy atom. The second-order valence-electron chi connectivity index (χ2n) is 6.90. The van der Waals surface area contributed by atoms with Crippen molar-refractivity contribution in [3.8, 4) is 5.75 Å². The van der Waals surface area contributed by atoms with E-state index in [1.165, 1.54) is 11.1 Å². The quantitative estimate of drug-likeness (QED) is 0.479. The van der Waals surface area contributed by atoms with E-state index in [9.17, 15) is 10.1 Å². The second kappa shape index (κ2) is 6.48. The normalized spacial score (nSPS) is 23.1. The van der Waals surface area contributed by atoms with Gasteiger partial charge in [0.25, 0.3) is 5.69 Å². The molecule has 2 aromatic carbocycles. The molecule has 0 saturated carbocycles. The van der Waals surface area contributed by atoms with Gasteiger partial charge in [-0.3, -0.25) is 10.1 Å². The van der Waals surface area contributed by atoms with Gasteiger partial charge in [-0.05, 0) is 36.0 Å². The molecule has 1 aliphatic carbocycles. The summed E-state index contributed by atoms with van der Waals surface area (Å²) in [6.45, 7) is 2.14. The van der Waals surface area contributed by atoms with E-state index < -0.39 is 0 Å². The van der Waals surface area contributed by atoms with E-state index in [0.29, 0.717) is 5.75 Å². The second-order valence-corrected chi connectivity index (χ2v) is 6.90. The van der Waals surface area contributed by atoms with Crippen LogP contribution in [-0.4, -0.2) is 12.0 Å². The Balaban J connectivity index is 1.84. The number of nitrogens with zero attached hydrogens (tertiary/aromatic N) is 1. The van der Waals surface area contributed by atoms with Gasteiger partial charge in [-0.15, -0.1) is 0 Å². The van der Waals surface area contributed by atoms with Crippen LogP contribution in [0, 0.1) is 16.0 Å². The van der Waals surface area contributed by atoms with Crippen LogP contribution in [0.15, 0.2) is 48.6 Å². The smallest absolute Gasteiger partial charge is 0.275 e. The Labute approximate surface area is 152 Å². The van der Waals surface area contributed by atoms with Crippen LogP contribution in [0.4, 0.5) is 11.4 Å².